The average molecular weight is 253 g/mol. The molecule has 0 radical (unpaired) electrons. The Morgan fingerprint density at radius 2 is 2.06 bits per heavy atom. The maximum atomic E-state index is 9.88. The second-order valence-corrected chi connectivity index (χ2v) is 5.98. The van der Waals surface area contributed by atoms with Crippen LogP contribution in [0.4, 0.5) is 5.13 Å². The molecule has 3 rings (SSSR count). The first kappa shape index (κ1) is 11.4. The minimum atomic E-state index is -0.132. The molecule has 5 heteroatoms. The van der Waals surface area contributed by atoms with Crippen LogP contribution in [0.1, 0.15) is 50.3 Å². The van der Waals surface area contributed by atoms with E-state index in [0.29, 0.717) is 11.8 Å². The molecular weight excluding hydrogens is 234 g/mol. The quantitative estimate of drug-likeness (QED) is 0.865. The Kier molecular flexibility index (Phi) is 3.29. The minimum Gasteiger partial charge on any atom is -0.393 e. The van der Waals surface area contributed by atoms with Crippen molar-refractivity contribution >= 4 is 16.7 Å². The van der Waals surface area contributed by atoms with E-state index < -0.39 is 0 Å². The van der Waals surface area contributed by atoms with E-state index in [0.717, 1.165) is 30.3 Å². The predicted molar refractivity (Wildman–Crippen MR) is 68.3 cm³/mol. The molecule has 2 aliphatic rings. The number of nitrogens with one attached hydrogen (secondary N) is 1. The van der Waals surface area contributed by atoms with E-state index in [1.165, 1.54) is 37.2 Å². The summed E-state index contributed by atoms with van der Waals surface area (Å²) in [5.41, 5.74) is 0. The van der Waals surface area contributed by atoms with Gasteiger partial charge in [0.25, 0.3) is 0 Å². The number of hydrogen-bond donors (Lipinski definition) is 2. The molecule has 1 aromatic rings. The van der Waals surface area contributed by atoms with Gasteiger partial charge in [0.05, 0.1) is 6.10 Å². The summed E-state index contributed by atoms with van der Waals surface area (Å²) < 4.78 is 4.37. The Bertz CT molecular complexity index is 378. The number of hydrogen-bond acceptors (Lipinski definition) is 5. The molecule has 2 aliphatic carbocycles. The van der Waals surface area contributed by atoms with Gasteiger partial charge in [-0.15, -0.1) is 0 Å². The van der Waals surface area contributed by atoms with E-state index in [2.05, 4.69) is 14.7 Å². The van der Waals surface area contributed by atoms with Gasteiger partial charge in [-0.3, -0.25) is 0 Å². The van der Waals surface area contributed by atoms with Crippen LogP contribution in [-0.2, 0) is 0 Å². The third-order valence-corrected chi connectivity index (χ3v) is 4.46. The Labute approximate surface area is 106 Å². The lowest BCUT2D eigenvalue weighted by molar-refractivity contribution is 0.0763. The van der Waals surface area contributed by atoms with Crippen LogP contribution in [0.2, 0.25) is 0 Å². The Morgan fingerprint density at radius 3 is 2.82 bits per heavy atom. The fourth-order valence-corrected chi connectivity index (χ4v) is 3.11. The highest BCUT2D eigenvalue weighted by atomic mass is 32.1. The zero-order valence-corrected chi connectivity index (χ0v) is 10.7. The van der Waals surface area contributed by atoms with Crippen molar-refractivity contribution in [3.63, 3.8) is 0 Å². The number of aliphatic hydroxyl groups excluding tert-OH is 1. The van der Waals surface area contributed by atoms with Gasteiger partial charge in [-0.1, -0.05) is 12.8 Å². The zero-order valence-electron chi connectivity index (χ0n) is 9.93. The summed E-state index contributed by atoms with van der Waals surface area (Å²) in [6.45, 7) is 0.834. The highest BCUT2D eigenvalue weighted by Gasteiger charge is 2.28. The van der Waals surface area contributed by atoms with Crippen LogP contribution >= 0.6 is 11.5 Å². The third kappa shape index (κ3) is 2.77. The highest BCUT2D eigenvalue weighted by Crippen LogP contribution is 2.39. The van der Waals surface area contributed by atoms with Crippen molar-refractivity contribution in [1.82, 2.24) is 9.36 Å². The number of aliphatic hydroxyl groups is 1. The van der Waals surface area contributed by atoms with Crippen molar-refractivity contribution in [1.29, 1.82) is 0 Å². The molecule has 94 valence electrons. The van der Waals surface area contributed by atoms with E-state index in [9.17, 15) is 5.11 Å². The summed E-state index contributed by atoms with van der Waals surface area (Å²) in [5, 5.41) is 14.1. The van der Waals surface area contributed by atoms with Crippen molar-refractivity contribution in [3.8, 4) is 0 Å². The van der Waals surface area contributed by atoms with Crippen LogP contribution in [0.25, 0.3) is 0 Å². The summed E-state index contributed by atoms with van der Waals surface area (Å²) in [7, 11) is 0. The normalized spacial score (nSPS) is 29.2. The van der Waals surface area contributed by atoms with E-state index in [1.807, 2.05) is 0 Å². The highest BCUT2D eigenvalue weighted by molar-refractivity contribution is 7.09. The standard InChI is InChI=1S/C12H19N3OS/c16-10-4-2-1-3-9(10)7-13-12-14-11(15-17-12)8-5-6-8/h8-10,16H,1-7H2,(H,13,14,15). The van der Waals surface area contributed by atoms with Gasteiger partial charge in [0.15, 0.2) is 0 Å². The molecule has 0 bridgehead atoms. The second kappa shape index (κ2) is 4.90. The van der Waals surface area contributed by atoms with Crippen LogP contribution < -0.4 is 5.32 Å². The number of aromatic nitrogens is 2. The van der Waals surface area contributed by atoms with Crippen molar-refractivity contribution in [2.75, 3.05) is 11.9 Å². The first-order valence-electron chi connectivity index (χ1n) is 6.58. The van der Waals surface area contributed by atoms with Crippen molar-refractivity contribution in [2.45, 2.75) is 50.5 Å². The van der Waals surface area contributed by atoms with Crippen LogP contribution in [0.5, 0.6) is 0 Å². The Balaban J connectivity index is 1.51. The van der Waals surface area contributed by atoms with Gasteiger partial charge in [-0.2, -0.15) is 4.37 Å². The van der Waals surface area contributed by atoms with Crippen LogP contribution in [0.15, 0.2) is 0 Å². The van der Waals surface area contributed by atoms with E-state index >= 15 is 0 Å². The van der Waals surface area contributed by atoms with Gasteiger partial charge in [0, 0.05) is 29.9 Å². The third-order valence-electron chi connectivity index (χ3n) is 3.77. The van der Waals surface area contributed by atoms with Crippen molar-refractivity contribution in [2.24, 2.45) is 5.92 Å². The number of anilines is 1. The molecule has 2 saturated carbocycles. The fourth-order valence-electron chi connectivity index (χ4n) is 2.46. The zero-order chi connectivity index (χ0) is 11.7. The maximum absolute atomic E-state index is 9.88. The molecule has 0 spiro atoms. The molecule has 1 heterocycles. The first-order chi connectivity index (χ1) is 8.33. The fraction of sp³-hybridized carbons (Fsp3) is 0.833. The molecule has 2 unspecified atom stereocenters. The second-order valence-electron chi connectivity index (χ2n) is 5.22. The molecule has 0 saturated heterocycles. The summed E-state index contributed by atoms with van der Waals surface area (Å²) in [6.07, 6.45) is 6.86. The topological polar surface area (TPSA) is 58.0 Å². The summed E-state index contributed by atoms with van der Waals surface area (Å²) in [6, 6.07) is 0. The molecule has 0 aliphatic heterocycles. The summed E-state index contributed by atoms with van der Waals surface area (Å²) in [4.78, 5) is 4.50. The van der Waals surface area contributed by atoms with Gasteiger partial charge >= 0.3 is 0 Å². The Morgan fingerprint density at radius 1 is 1.24 bits per heavy atom. The Hall–Kier alpha value is -0.680. The molecule has 0 amide bonds. The molecule has 0 aromatic carbocycles. The molecule has 4 nitrogen and oxygen atoms in total. The summed E-state index contributed by atoms with van der Waals surface area (Å²) in [5.74, 6) is 2.03. The molecule has 1 aromatic heterocycles. The van der Waals surface area contributed by atoms with E-state index in [1.54, 1.807) is 0 Å². The first-order valence-corrected chi connectivity index (χ1v) is 7.36. The number of rotatable bonds is 4. The maximum Gasteiger partial charge on any atom is 0.202 e. The average Bonchev–Trinajstić information content (AvgIpc) is 3.08. The van der Waals surface area contributed by atoms with E-state index in [-0.39, 0.29) is 6.10 Å². The van der Waals surface area contributed by atoms with Crippen molar-refractivity contribution in [3.05, 3.63) is 5.82 Å². The van der Waals surface area contributed by atoms with Crippen LogP contribution in [-0.4, -0.2) is 27.1 Å². The van der Waals surface area contributed by atoms with Gasteiger partial charge in [0.2, 0.25) is 5.13 Å². The van der Waals surface area contributed by atoms with Gasteiger partial charge in [-0.25, -0.2) is 4.98 Å². The summed E-state index contributed by atoms with van der Waals surface area (Å²) >= 11 is 1.45. The van der Waals surface area contributed by atoms with E-state index in [4.69, 9.17) is 0 Å². The minimum absolute atomic E-state index is 0.132. The van der Waals surface area contributed by atoms with Gasteiger partial charge < -0.3 is 10.4 Å². The smallest absolute Gasteiger partial charge is 0.202 e. The largest absolute Gasteiger partial charge is 0.393 e. The molecular formula is C12H19N3OS. The molecule has 2 atom stereocenters. The molecule has 2 N–H and O–H groups in total. The lowest BCUT2D eigenvalue weighted by atomic mass is 9.86. The lowest BCUT2D eigenvalue weighted by Gasteiger charge is -2.27. The number of nitrogens with zero attached hydrogens (tertiary/aromatic N) is 2. The molecule has 2 fully saturated rings. The van der Waals surface area contributed by atoms with Gasteiger partial charge in [0.1, 0.15) is 5.82 Å². The van der Waals surface area contributed by atoms with Crippen molar-refractivity contribution < 1.29 is 5.11 Å². The molecule has 17 heavy (non-hydrogen) atoms. The van der Waals surface area contributed by atoms with Gasteiger partial charge in [-0.05, 0) is 25.7 Å². The predicted octanol–water partition coefficient (Wildman–Crippen LogP) is 2.38. The SMILES string of the molecule is OC1CCCCC1CNc1nc(C2CC2)ns1. The van der Waals surface area contributed by atoms with Crippen LogP contribution in [0.3, 0.4) is 0 Å². The lowest BCUT2D eigenvalue weighted by Crippen LogP contribution is -2.30. The van der Waals surface area contributed by atoms with Crippen LogP contribution in [0, 0.1) is 5.92 Å². The monoisotopic (exact) mass is 253 g/mol.